The average molecular weight is 520 g/mol. The lowest BCUT2D eigenvalue weighted by molar-refractivity contribution is 0.609. The van der Waals surface area contributed by atoms with Crippen molar-refractivity contribution in [1.29, 1.82) is 0 Å². The van der Waals surface area contributed by atoms with Crippen molar-refractivity contribution in [1.82, 2.24) is 0 Å². The lowest BCUT2D eigenvalue weighted by Crippen LogP contribution is -2.34. The summed E-state index contributed by atoms with van der Waals surface area (Å²) in [5.41, 5.74) is 12.8. The highest BCUT2D eigenvalue weighted by Gasteiger charge is 2.46. The van der Waals surface area contributed by atoms with E-state index in [1.165, 1.54) is 44.8 Å². The van der Waals surface area contributed by atoms with Gasteiger partial charge in [0.1, 0.15) is 0 Å². The first-order valence-corrected chi connectivity index (χ1v) is 14.8. The Labute approximate surface area is 239 Å². The second kappa shape index (κ2) is 10.1. The monoisotopic (exact) mass is 519 g/mol. The molecule has 0 amide bonds. The first-order chi connectivity index (χ1) is 19.7. The maximum absolute atomic E-state index is 3.98. The molecule has 1 nitrogen and oxygen atoms in total. The van der Waals surface area contributed by atoms with Gasteiger partial charge in [0.05, 0.1) is 6.04 Å². The predicted molar refractivity (Wildman–Crippen MR) is 169 cm³/mol. The summed E-state index contributed by atoms with van der Waals surface area (Å²) in [6, 6.07) is 27.6. The van der Waals surface area contributed by atoms with Crippen LogP contribution in [0.4, 0.5) is 5.69 Å². The lowest BCUT2D eigenvalue weighted by atomic mass is 9.83. The molecule has 1 heterocycles. The molecule has 5 unspecified atom stereocenters. The van der Waals surface area contributed by atoms with Gasteiger partial charge in [0.2, 0.25) is 0 Å². The number of hydrogen-bond donors (Lipinski definition) is 0. The second-order valence-corrected chi connectivity index (χ2v) is 11.6. The first kappa shape index (κ1) is 24.9. The standard InChI is InChI=1S/C39H37N/c1-4-6-13-30-25-31-24-26(3)39(40-35-18-11-9-16-33(35)34-17-10-12-19-36(34)40)38(31)37(30)29-22-20-28(21-23-29)32-15-8-7-14-27(32)5-2/h4,6-24,26,30,33,35,37H,1,5,25H2,2-3H3/b13-6-. The molecule has 3 aromatic rings. The zero-order valence-corrected chi connectivity index (χ0v) is 23.5. The zero-order chi connectivity index (χ0) is 27.2. The summed E-state index contributed by atoms with van der Waals surface area (Å²) in [6.45, 7) is 8.61. The van der Waals surface area contributed by atoms with Crippen LogP contribution in [0.15, 0.2) is 145 Å². The van der Waals surface area contributed by atoms with E-state index < -0.39 is 0 Å². The summed E-state index contributed by atoms with van der Waals surface area (Å²) in [4.78, 5) is 2.68. The number of fused-ring (bicyclic) bond motifs is 4. The van der Waals surface area contributed by atoms with Gasteiger partial charge in [0.15, 0.2) is 0 Å². The average Bonchev–Trinajstić information content (AvgIpc) is 3.62. The van der Waals surface area contributed by atoms with Gasteiger partial charge in [0, 0.05) is 29.1 Å². The first-order valence-electron chi connectivity index (χ1n) is 14.8. The summed E-state index contributed by atoms with van der Waals surface area (Å²) in [7, 11) is 0. The minimum absolute atomic E-state index is 0.326. The highest BCUT2D eigenvalue weighted by molar-refractivity contribution is 5.73. The summed E-state index contributed by atoms with van der Waals surface area (Å²) in [5.74, 6) is 1.54. The number of aryl methyl sites for hydroxylation is 1. The van der Waals surface area contributed by atoms with E-state index in [-0.39, 0.29) is 0 Å². The molecular formula is C39H37N. The van der Waals surface area contributed by atoms with E-state index in [0.717, 1.165) is 12.8 Å². The van der Waals surface area contributed by atoms with Gasteiger partial charge in [-0.25, -0.2) is 0 Å². The van der Waals surface area contributed by atoms with E-state index >= 15 is 0 Å². The summed E-state index contributed by atoms with van der Waals surface area (Å²) in [6.07, 6.45) is 20.4. The van der Waals surface area contributed by atoms with E-state index in [1.54, 1.807) is 5.57 Å². The highest BCUT2D eigenvalue weighted by Crippen LogP contribution is 2.57. The smallest absolute Gasteiger partial charge is 0.0626 e. The number of allylic oxidation sites excluding steroid dienone is 8. The fourth-order valence-corrected chi connectivity index (χ4v) is 7.72. The largest absolute Gasteiger partial charge is 0.336 e. The van der Waals surface area contributed by atoms with Crippen molar-refractivity contribution in [2.24, 2.45) is 11.8 Å². The highest BCUT2D eigenvalue weighted by atomic mass is 15.2. The molecule has 7 rings (SSSR count). The van der Waals surface area contributed by atoms with Crippen molar-refractivity contribution in [2.45, 2.75) is 44.6 Å². The minimum atomic E-state index is 0.326. The molecule has 198 valence electrons. The van der Waals surface area contributed by atoms with Gasteiger partial charge in [-0.1, -0.05) is 136 Å². The molecule has 1 fully saturated rings. The number of anilines is 1. The van der Waals surface area contributed by atoms with E-state index in [2.05, 4.69) is 141 Å². The van der Waals surface area contributed by atoms with E-state index in [0.29, 0.717) is 29.7 Å². The van der Waals surface area contributed by atoms with Gasteiger partial charge in [-0.15, -0.1) is 0 Å². The van der Waals surface area contributed by atoms with Crippen LogP contribution in [0.1, 0.15) is 48.8 Å². The van der Waals surface area contributed by atoms with Crippen molar-refractivity contribution in [3.05, 3.63) is 162 Å². The van der Waals surface area contributed by atoms with Crippen molar-refractivity contribution < 1.29 is 0 Å². The van der Waals surface area contributed by atoms with Crippen molar-refractivity contribution in [3.63, 3.8) is 0 Å². The second-order valence-electron chi connectivity index (χ2n) is 11.6. The molecule has 5 atom stereocenters. The lowest BCUT2D eigenvalue weighted by Gasteiger charge is -2.34. The molecule has 0 bridgehead atoms. The number of nitrogens with zero attached hydrogens (tertiary/aromatic N) is 1. The summed E-state index contributed by atoms with van der Waals surface area (Å²) < 4.78 is 0. The van der Waals surface area contributed by atoms with E-state index in [9.17, 15) is 0 Å². The molecule has 0 radical (unpaired) electrons. The van der Waals surface area contributed by atoms with Gasteiger partial charge >= 0.3 is 0 Å². The molecule has 3 aliphatic carbocycles. The normalized spacial score (nSPS) is 26.3. The molecule has 0 spiro atoms. The third-order valence-electron chi connectivity index (χ3n) is 9.39. The molecular weight excluding hydrogens is 482 g/mol. The molecule has 1 heteroatoms. The Hall–Kier alpha value is -4.10. The van der Waals surface area contributed by atoms with Crippen LogP contribution in [0.5, 0.6) is 0 Å². The van der Waals surface area contributed by atoms with E-state index in [1.807, 2.05) is 6.08 Å². The molecule has 3 aromatic carbocycles. The third-order valence-corrected chi connectivity index (χ3v) is 9.39. The van der Waals surface area contributed by atoms with Gasteiger partial charge < -0.3 is 4.90 Å². The molecule has 4 aliphatic rings. The fraction of sp³-hybridized carbons (Fsp3) is 0.231. The van der Waals surface area contributed by atoms with Crippen LogP contribution >= 0.6 is 0 Å². The maximum atomic E-state index is 3.98. The fourth-order valence-electron chi connectivity index (χ4n) is 7.72. The Morgan fingerprint density at radius 1 is 0.925 bits per heavy atom. The van der Waals surface area contributed by atoms with Crippen LogP contribution in [0.25, 0.3) is 11.1 Å². The van der Waals surface area contributed by atoms with Crippen LogP contribution in [-0.2, 0) is 6.42 Å². The summed E-state index contributed by atoms with van der Waals surface area (Å²) in [5, 5.41) is 0. The quantitative estimate of drug-likeness (QED) is 0.293. The molecule has 0 saturated heterocycles. The Bertz CT molecular complexity index is 1610. The third kappa shape index (κ3) is 3.91. The Kier molecular flexibility index (Phi) is 6.31. The van der Waals surface area contributed by atoms with Crippen molar-refractivity contribution in [3.8, 4) is 11.1 Å². The van der Waals surface area contributed by atoms with Gasteiger partial charge in [-0.05, 0) is 63.8 Å². The van der Waals surface area contributed by atoms with Crippen molar-refractivity contribution in [2.75, 3.05) is 4.90 Å². The van der Waals surface area contributed by atoms with E-state index in [4.69, 9.17) is 0 Å². The van der Waals surface area contributed by atoms with Crippen LogP contribution in [0.3, 0.4) is 0 Å². The number of benzene rings is 3. The topological polar surface area (TPSA) is 3.24 Å². The SMILES string of the molecule is C=C/C=C\C1CC2=CC(C)C(N3c4ccccc4C4C=CC=CC43)=C2C1c1ccc(-c2ccccc2CC)cc1. The maximum Gasteiger partial charge on any atom is 0.0626 e. The van der Waals surface area contributed by atoms with Gasteiger partial charge in [0.25, 0.3) is 0 Å². The predicted octanol–water partition coefficient (Wildman–Crippen LogP) is 9.69. The number of hydrogen-bond acceptors (Lipinski definition) is 1. The van der Waals surface area contributed by atoms with Crippen LogP contribution in [-0.4, -0.2) is 6.04 Å². The van der Waals surface area contributed by atoms with Crippen LogP contribution < -0.4 is 4.90 Å². The van der Waals surface area contributed by atoms with Gasteiger partial charge in [-0.3, -0.25) is 0 Å². The minimum Gasteiger partial charge on any atom is -0.336 e. The van der Waals surface area contributed by atoms with Gasteiger partial charge in [-0.2, -0.15) is 0 Å². The van der Waals surface area contributed by atoms with Crippen LogP contribution in [0, 0.1) is 11.8 Å². The Morgan fingerprint density at radius 2 is 1.70 bits per heavy atom. The number of para-hydroxylation sites is 1. The Morgan fingerprint density at radius 3 is 2.52 bits per heavy atom. The zero-order valence-electron chi connectivity index (χ0n) is 23.5. The molecule has 1 saturated carbocycles. The Balaban J connectivity index is 1.36. The molecule has 1 aliphatic heterocycles. The summed E-state index contributed by atoms with van der Waals surface area (Å²) >= 11 is 0. The number of rotatable bonds is 6. The van der Waals surface area contributed by atoms with Crippen LogP contribution in [0.2, 0.25) is 0 Å². The molecule has 0 N–H and O–H groups in total. The molecule has 40 heavy (non-hydrogen) atoms. The molecule has 0 aromatic heterocycles. The van der Waals surface area contributed by atoms with Crippen molar-refractivity contribution >= 4 is 5.69 Å².